The molecule has 1 aliphatic carbocycles. The summed E-state index contributed by atoms with van der Waals surface area (Å²) in [6.07, 6.45) is 9.60. The van der Waals surface area contributed by atoms with Gasteiger partial charge in [0.1, 0.15) is 5.69 Å². The Morgan fingerprint density at radius 3 is 2.56 bits per heavy atom. The second kappa shape index (κ2) is 7.53. The first kappa shape index (κ1) is 17.1. The van der Waals surface area contributed by atoms with Crippen LogP contribution in [0.1, 0.15) is 42.2 Å². The number of carbonyl (C=O) groups is 1. The van der Waals surface area contributed by atoms with Gasteiger partial charge in [-0.05, 0) is 43.9 Å². The highest BCUT2D eigenvalue weighted by molar-refractivity contribution is 5.92. The maximum absolute atomic E-state index is 12.3. The van der Waals surface area contributed by atoms with Crippen LogP contribution >= 0.6 is 0 Å². The Morgan fingerprint density at radius 2 is 1.85 bits per heavy atom. The molecule has 4 rings (SSSR count). The molecule has 3 aromatic rings. The van der Waals surface area contributed by atoms with Crippen LogP contribution in [0.15, 0.2) is 54.0 Å². The number of nitrogens with zero attached hydrogens (tertiary/aromatic N) is 4. The summed E-state index contributed by atoms with van der Waals surface area (Å²) in [7, 11) is 0. The number of H-pyrrole nitrogens is 1. The van der Waals surface area contributed by atoms with Gasteiger partial charge in [0.2, 0.25) is 0 Å². The molecule has 1 aliphatic rings. The largest absolute Gasteiger partial charge is 0.348 e. The first-order valence-corrected chi connectivity index (χ1v) is 9.00. The molecule has 1 amide bonds. The molecule has 1 fully saturated rings. The van der Waals surface area contributed by atoms with Crippen LogP contribution in [-0.2, 0) is 0 Å². The molecule has 3 aromatic heterocycles. The molecule has 2 N–H and O–H groups in total. The number of nitrogens with one attached hydrogen (secondary N) is 2. The summed E-state index contributed by atoms with van der Waals surface area (Å²) in [6, 6.07) is 7.19. The highest BCUT2D eigenvalue weighted by atomic mass is 16.2. The van der Waals surface area contributed by atoms with Crippen LogP contribution in [-0.4, -0.2) is 36.7 Å². The van der Waals surface area contributed by atoms with E-state index in [-0.39, 0.29) is 23.6 Å². The van der Waals surface area contributed by atoms with Crippen molar-refractivity contribution in [3.05, 3.63) is 65.2 Å². The van der Waals surface area contributed by atoms with Crippen molar-refractivity contribution < 1.29 is 4.79 Å². The summed E-state index contributed by atoms with van der Waals surface area (Å²) in [5.41, 5.74) is 2.05. The monoisotopic (exact) mass is 364 g/mol. The number of carbonyl (C=O) groups excluding carboxylic acids is 1. The quantitative estimate of drug-likeness (QED) is 0.736. The summed E-state index contributed by atoms with van der Waals surface area (Å²) >= 11 is 0. The van der Waals surface area contributed by atoms with Crippen molar-refractivity contribution in [2.24, 2.45) is 0 Å². The van der Waals surface area contributed by atoms with Crippen molar-refractivity contribution in [3.63, 3.8) is 0 Å². The maximum atomic E-state index is 12.3. The van der Waals surface area contributed by atoms with Gasteiger partial charge in [0.25, 0.3) is 11.5 Å². The predicted molar refractivity (Wildman–Crippen MR) is 99.1 cm³/mol. The van der Waals surface area contributed by atoms with Crippen molar-refractivity contribution >= 4 is 5.91 Å². The Balaban J connectivity index is 1.44. The Morgan fingerprint density at radius 1 is 1.07 bits per heavy atom. The van der Waals surface area contributed by atoms with Crippen LogP contribution in [0.3, 0.4) is 0 Å². The fraction of sp³-hybridized carbons (Fsp3) is 0.316. The SMILES string of the molecule is O=C(NC1CCC(n2nc(-c3ccncc3)ccc2=O)CC1)c1cnc[nH]1. The van der Waals surface area contributed by atoms with Crippen molar-refractivity contribution in [1.29, 1.82) is 0 Å². The van der Waals surface area contributed by atoms with E-state index in [2.05, 4.69) is 25.4 Å². The molecule has 27 heavy (non-hydrogen) atoms. The van der Waals surface area contributed by atoms with Gasteiger partial charge in [-0.2, -0.15) is 5.10 Å². The first-order valence-electron chi connectivity index (χ1n) is 9.00. The number of imidazole rings is 1. The van der Waals surface area contributed by atoms with Crippen molar-refractivity contribution in [2.75, 3.05) is 0 Å². The average molecular weight is 364 g/mol. The van der Waals surface area contributed by atoms with Gasteiger partial charge in [-0.1, -0.05) is 0 Å². The number of hydrogen-bond donors (Lipinski definition) is 2. The number of hydrogen-bond acceptors (Lipinski definition) is 5. The van der Waals surface area contributed by atoms with Crippen LogP contribution in [0.25, 0.3) is 11.3 Å². The molecule has 0 unspecified atom stereocenters. The number of aromatic amines is 1. The van der Waals surface area contributed by atoms with Gasteiger partial charge in [0.05, 0.1) is 24.3 Å². The van der Waals surface area contributed by atoms with Crippen LogP contribution < -0.4 is 10.9 Å². The Bertz CT molecular complexity index is 959. The summed E-state index contributed by atoms with van der Waals surface area (Å²) in [5.74, 6) is -0.147. The lowest BCUT2D eigenvalue weighted by Gasteiger charge is -2.29. The molecule has 1 saturated carbocycles. The van der Waals surface area contributed by atoms with E-state index in [0.717, 1.165) is 36.9 Å². The minimum Gasteiger partial charge on any atom is -0.348 e. The molecule has 0 atom stereocenters. The lowest BCUT2D eigenvalue weighted by atomic mass is 9.91. The van der Waals surface area contributed by atoms with E-state index in [4.69, 9.17) is 0 Å². The molecule has 0 aromatic carbocycles. The zero-order chi connectivity index (χ0) is 18.6. The highest BCUT2D eigenvalue weighted by Gasteiger charge is 2.25. The molecular formula is C19H20N6O2. The third-order valence-corrected chi connectivity index (χ3v) is 4.92. The van der Waals surface area contributed by atoms with Gasteiger partial charge in [0, 0.05) is 30.1 Å². The lowest BCUT2D eigenvalue weighted by Crippen LogP contribution is -2.39. The number of aromatic nitrogens is 5. The second-order valence-electron chi connectivity index (χ2n) is 6.68. The summed E-state index contributed by atoms with van der Waals surface area (Å²) < 4.78 is 1.59. The smallest absolute Gasteiger partial charge is 0.269 e. The number of pyridine rings is 1. The highest BCUT2D eigenvalue weighted by Crippen LogP contribution is 2.27. The Hall–Kier alpha value is -3.29. The van der Waals surface area contributed by atoms with Crippen LogP contribution in [0.5, 0.6) is 0 Å². The zero-order valence-corrected chi connectivity index (χ0v) is 14.7. The topological polar surface area (TPSA) is 106 Å². The molecule has 0 bridgehead atoms. The van der Waals surface area contributed by atoms with Gasteiger partial charge in [-0.15, -0.1) is 0 Å². The van der Waals surface area contributed by atoms with E-state index in [1.807, 2.05) is 12.1 Å². The van der Waals surface area contributed by atoms with Gasteiger partial charge < -0.3 is 10.3 Å². The van der Waals surface area contributed by atoms with E-state index < -0.39 is 0 Å². The fourth-order valence-corrected chi connectivity index (χ4v) is 3.47. The molecule has 0 radical (unpaired) electrons. The molecular weight excluding hydrogens is 344 g/mol. The summed E-state index contributed by atoms with van der Waals surface area (Å²) in [6.45, 7) is 0. The van der Waals surface area contributed by atoms with Crippen LogP contribution in [0.2, 0.25) is 0 Å². The Labute approximate surface area is 155 Å². The summed E-state index contributed by atoms with van der Waals surface area (Å²) in [5, 5.41) is 7.59. The van der Waals surface area contributed by atoms with Gasteiger partial charge in [0.15, 0.2) is 0 Å². The van der Waals surface area contributed by atoms with Crippen molar-refractivity contribution in [3.8, 4) is 11.3 Å². The van der Waals surface area contributed by atoms with Crippen molar-refractivity contribution in [2.45, 2.75) is 37.8 Å². The molecule has 0 aliphatic heterocycles. The summed E-state index contributed by atoms with van der Waals surface area (Å²) in [4.78, 5) is 35.1. The molecule has 0 saturated heterocycles. The molecule has 0 spiro atoms. The normalized spacial score (nSPS) is 19.6. The van der Waals surface area contributed by atoms with E-state index in [1.54, 1.807) is 29.2 Å². The number of rotatable bonds is 4. The molecule has 8 nitrogen and oxygen atoms in total. The average Bonchev–Trinajstić information content (AvgIpc) is 3.25. The third kappa shape index (κ3) is 3.79. The van der Waals surface area contributed by atoms with Crippen LogP contribution in [0, 0.1) is 0 Å². The second-order valence-corrected chi connectivity index (χ2v) is 6.68. The fourth-order valence-electron chi connectivity index (χ4n) is 3.47. The van der Waals surface area contributed by atoms with Gasteiger partial charge in [-0.25, -0.2) is 9.67 Å². The molecule has 138 valence electrons. The predicted octanol–water partition coefficient (Wildman–Crippen LogP) is 1.94. The van der Waals surface area contributed by atoms with Gasteiger partial charge in [-0.3, -0.25) is 14.6 Å². The first-order chi connectivity index (χ1) is 13.2. The lowest BCUT2D eigenvalue weighted by molar-refractivity contribution is 0.0917. The molecule has 3 heterocycles. The van der Waals surface area contributed by atoms with Crippen molar-refractivity contribution in [1.82, 2.24) is 30.0 Å². The Kier molecular flexibility index (Phi) is 4.78. The minimum atomic E-state index is -0.147. The van der Waals surface area contributed by atoms with Crippen LogP contribution in [0.4, 0.5) is 0 Å². The van der Waals surface area contributed by atoms with E-state index in [1.165, 1.54) is 12.5 Å². The van der Waals surface area contributed by atoms with E-state index in [9.17, 15) is 9.59 Å². The van der Waals surface area contributed by atoms with E-state index >= 15 is 0 Å². The standard InChI is InChI=1S/C19H20N6O2/c26-18-6-5-16(13-7-9-20-10-8-13)24-25(18)15-3-1-14(2-4-15)23-19(27)17-11-21-12-22-17/h5-12,14-15H,1-4H2,(H,21,22)(H,23,27). The van der Waals surface area contributed by atoms with E-state index in [0.29, 0.717) is 5.69 Å². The zero-order valence-electron chi connectivity index (χ0n) is 14.7. The van der Waals surface area contributed by atoms with Gasteiger partial charge >= 0.3 is 0 Å². The maximum Gasteiger partial charge on any atom is 0.269 e. The minimum absolute atomic E-state index is 0.0413. The third-order valence-electron chi connectivity index (χ3n) is 4.92. The number of amides is 1. The molecule has 8 heteroatoms.